The molecule has 2 heterocycles. The molecule has 0 aliphatic carbocycles. The molecule has 0 saturated carbocycles. The van der Waals surface area contributed by atoms with Gasteiger partial charge in [-0.05, 0) is 18.8 Å². The van der Waals surface area contributed by atoms with Crippen LogP contribution in [0.15, 0.2) is 0 Å². The van der Waals surface area contributed by atoms with Gasteiger partial charge in [-0.15, -0.1) is 0 Å². The molecule has 0 radical (unpaired) electrons. The molecule has 0 N–H and O–H groups in total. The maximum Gasteiger partial charge on any atom is 0.0630 e. The molecule has 0 aromatic rings. The van der Waals surface area contributed by atoms with E-state index in [0.717, 1.165) is 44.2 Å². The zero-order valence-electron chi connectivity index (χ0n) is 9.16. The summed E-state index contributed by atoms with van der Waals surface area (Å²) in [4.78, 5) is 2.58. The van der Waals surface area contributed by atoms with Crippen LogP contribution in [-0.4, -0.2) is 55.8 Å². The van der Waals surface area contributed by atoms with Crippen LogP contribution < -0.4 is 0 Å². The molecule has 2 aliphatic heterocycles. The number of halogens is 1. The molecule has 0 spiro atoms. The molecule has 3 nitrogen and oxygen atoms in total. The Morgan fingerprint density at radius 2 is 1.93 bits per heavy atom. The summed E-state index contributed by atoms with van der Waals surface area (Å²) < 4.78 is 10.9. The predicted molar refractivity (Wildman–Crippen MR) is 63.5 cm³/mol. The summed E-state index contributed by atoms with van der Waals surface area (Å²) in [6.45, 7) is 6.00. The van der Waals surface area contributed by atoms with Gasteiger partial charge in [-0.1, -0.05) is 15.9 Å². The third-order valence-electron chi connectivity index (χ3n) is 3.36. The summed E-state index contributed by atoms with van der Waals surface area (Å²) in [5, 5.41) is 1.02. The van der Waals surface area contributed by atoms with Crippen LogP contribution in [0.2, 0.25) is 0 Å². The molecular formula is C11H20BrNO2. The summed E-state index contributed by atoms with van der Waals surface area (Å²) in [6.07, 6.45) is 2.46. The van der Waals surface area contributed by atoms with Crippen LogP contribution in [0.4, 0.5) is 0 Å². The fourth-order valence-electron chi connectivity index (χ4n) is 2.33. The zero-order chi connectivity index (χ0) is 10.5. The van der Waals surface area contributed by atoms with Gasteiger partial charge in [0, 0.05) is 37.7 Å². The van der Waals surface area contributed by atoms with Crippen molar-refractivity contribution in [3.05, 3.63) is 0 Å². The minimum absolute atomic E-state index is 0.571. The summed E-state index contributed by atoms with van der Waals surface area (Å²) in [6, 6.07) is 0.571. The average Bonchev–Trinajstić information content (AvgIpc) is 2.31. The van der Waals surface area contributed by atoms with Gasteiger partial charge in [0.1, 0.15) is 0 Å². The fourth-order valence-corrected chi connectivity index (χ4v) is 2.93. The number of nitrogens with zero attached hydrogens (tertiary/aromatic N) is 1. The second-order valence-corrected chi connectivity index (χ2v) is 5.08. The summed E-state index contributed by atoms with van der Waals surface area (Å²) in [5.74, 6) is 0.832. The maximum absolute atomic E-state index is 5.50. The fraction of sp³-hybridized carbons (Fsp3) is 1.00. The smallest absolute Gasteiger partial charge is 0.0630 e. The Labute approximate surface area is 100 Å². The van der Waals surface area contributed by atoms with E-state index in [4.69, 9.17) is 9.47 Å². The molecule has 0 bridgehead atoms. The molecule has 1 atom stereocenters. The predicted octanol–water partition coefficient (Wildman–Crippen LogP) is 1.51. The summed E-state index contributed by atoms with van der Waals surface area (Å²) in [5.41, 5.74) is 0. The van der Waals surface area contributed by atoms with Crippen molar-refractivity contribution < 1.29 is 9.47 Å². The Morgan fingerprint density at radius 1 is 1.13 bits per heavy atom. The van der Waals surface area contributed by atoms with Crippen molar-refractivity contribution in [2.75, 3.05) is 44.8 Å². The normalized spacial score (nSPS) is 30.6. The van der Waals surface area contributed by atoms with Crippen LogP contribution in [0.25, 0.3) is 0 Å². The average molecular weight is 278 g/mol. The molecule has 15 heavy (non-hydrogen) atoms. The monoisotopic (exact) mass is 277 g/mol. The standard InChI is InChI=1S/C11H20BrNO2/c12-7-11-9-15-6-3-13(11)8-10-1-4-14-5-2-10/h10-11H,1-9H2. The Balaban J connectivity index is 1.79. The molecule has 2 fully saturated rings. The van der Waals surface area contributed by atoms with Gasteiger partial charge in [-0.2, -0.15) is 0 Å². The largest absolute Gasteiger partial charge is 0.381 e. The van der Waals surface area contributed by atoms with E-state index < -0.39 is 0 Å². The van der Waals surface area contributed by atoms with Crippen molar-refractivity contribution in [1.82, 2.24) is 4.90 Å². The first kappa shape index (κ1) is 11.8. The zero-order valence-corrected chi connectivity index (χ0v) is 10.7. The Morgan fingerprint density at radius 3 is 2.67 bits per heavy atom. The molecule has 2 saturated heterocycles. The highest BCUT2D eigenvalue weighted by Crippen LogP contribution is 2.19. The first-order valence-corrected chi connectivity index (χ1v) is 6.98. The minimum atomic E-state index is 0.571. The Bertz CT molecular complexity index is 185. The SMILES string of the molecule is BrCC1COCCN1CC1CCOCC1. The third-order valence-corrected chi connectivity index (χ3v) is 4.11. The first-order valence-electron chi connectivity index (χ1n) is 5.85. The minimum Gasteiger partial charge on any atom is -0.381 e. The van der Waals surface area contributed by atoms with E-state index in [1.807, 2.05) is 0 Å². The third kappa shape index (κ3) is 3.41. The molecule has 1 unspecified atom stereocenters. The number of hydrogen-bond donors (Lipinski definition) is 0. The number of rotatable bonds is 3. The van der Waals surface area contributed by atoms with Gasteiger partial charge in [0.25, 0.3) is 0 Å². The Kier molecular flexibility index (Phi) is 4.88. The molecule has 0 aromatic carbocycles. The second kappa shape index (κ2) is 6.18. The van der Waals surface area contributed by atoms with Crippen molar-refractivity contribution in [2.45, 2.75) is 18.9 Å². The first-order chi connectivity index (χ1) is 7.40. The van der Waals surface area contributed by atoms with Gasteiger partial charge < -0.3 is 9.47 Å². The van der Waals surface area contributed by atoms with Crippen LogP contribution in [0, 0.1) is 5.92 Å². The Hall–Kier alpha value is 0.360. The highest BCUT2D eigenvalue weighted by atomic mass is 79.9. The lowest BCUT2D eigenvalue weighted by atomic mass is 9.99. The van der Waals surface area contributed by atoms with E-state index in [-0.39, 0.29) is 0 Å². The highest BCUT2D eigenvalue weighted by Gasteiger charge is 2.25. The second-order valence-electron chi connectivity index (χ2n) is 4.43. The molecular weight excluding hydrogens is 258 g/mol. The highest BCUT2D eigenvalue weighted by molar-refractivity contribution is 9.09. The number of ether oxygens (including phenoxy) is 2. The van der Waals surface area contributed by atoms with Gasteiger partial charge in [0.15, 0.2) is 0 Å². The van der Waals surface area contributed by atoms with Crippen molar-refractivity contribution in [1.29, 1.82) is 0 Å². The molecule has 4 heteroatoms. The van der Waals surface area contributed by atoms with Crippen LogP contribution >= 0.6 is 15.9 Å². The van der Waals surface area contributed by atoms with Gasteiger partial charge in [0.05, 0.1) is 13.2 Å². The van der Waals surface area contributed by atoms with Gasteiger partial charge in [-0.3, -0.25) is 4.90 Å². The van der Waals surface area contributed by atoms with E-state index in [9.17, 15) is 0 Å². The van der Waals surface area contributed by atoms with Gasteiger partial charge in [0.2, 0.25) is 0 Å². The molecule has 2 aliphatic rings. The lowest BCUT2D eigenvalue weighted by Gasteiger charge is -2.37. The maximum atomic E-state index is 5.50. The van der Waals surface area contributed by atoms with E-state index in [1.165, 1.54) is 19.4 Å². The van der Waals surface area contributed by atoms with Crippen molar-refractivity contribution in [3.63, 3.8) is 0 Å². The number of hydrogen-bond acceptors (Lipinski definition) is 3. The van der Waals surface area contributed by atoms with Gasteiger partial charge >= 0.3 is 0 Å². The lowest BCUT2D eigenvalue weighted by molar-refractivity contribution is -0.0178. The number of morpholine rings is 1. The van der Waals surface area contributed by atoms with E-state index >= 15 is 0 Å². The van der Waals surface area contributed by atoms with Crippen LogP contribution in [0.1, 0.15) is 12.8 Å². The summed E-state index contributed by atoms with van der Waals surface area (Å²) in [7, 11) is 0. The topological polar surface area (TPSA) is 21.7 Å². The van der Waals surface area contributed by atoms with Crippen LogP contribution in [0.3, 0.4) is 0 Å². The van der Waals surface area contributed by atoms with Crippen LogP contribution in [0.5, 0.6) is 0 Å². The molecule has 88 valence electrons. The molecule has 0 amide bonds. The quantitative estimate of drug-likeness (QED) is 0.730. The summed E-state index contributed by atoms with van der Waals surface area (Å²) >= 11 is 3.57. The van der Waals surface area contributed by atoms with Crippen molar-refractivity contribution in [2.24, 2.45) is 5.92 Å². The van der Waals surface area contributed by atoms with Gasteiger partial charge in [-0.25, -0.2) is 0 Å². The molecule has 0 aromatic heterocycles. The molecule has 2 rings (SSSR count). The van der Waals surface area contributed by atoms with Crippen LogP contribution in [-0.2, 0) is 9.47 Å². The van der Waals surface area contributed by atoms with E-state index in [2.05, 4.69) is 20.8 Å². The van der Waals surface area contributed by atoms with Crippen molar-refractivity contribution in [3.8, 4) is 0 Å². The van der Waals surface area contributed by atoms with E-state index in [0.29, 0.717) is 6.04 Å². The number of alkyl halides is 1. The lowest BCUT2D eigenvalue weighted by Crippen LogP contribution is -2.48. The van der Waals surface area contributed by atoms with Crippen molar-refractivity contribution >= 4 is 15.9 Å². The van der Waals surface area contributed by atoms with E-state index in [1.54, 1.807) is 0 Å².